The molecule has 0 spiro atoms. The lowest BCUT2D eigenvalue weighted by molar-refractivity contribution is -0.138. The molecule has 1 fully saturated rings. The van der Waals surface area contributed by atoms with Crippen LogP contribution in [0.2, 0.25) is 0 Å². The van der Waals surface area contributed by atoms with E-state index in [0.29, 0.717) is 6.54 Å². The lowest BCUT2D eigenvalue weighted by atomic mass is 10.1. The highest BCUT2D eigenvalue weighted by Gasteiger charge is 2.28. The molecule has 0 bridgehead atoms. The molecular weight excluding hydrogens is 256 g/mol. The molecule has 0 saturated carbocycles. The van der Waals surface area contributed by atoms with Gasteiger partial charge in [0.1, 0.15) is 0 Å². The fourth-order valence-electron chi connectivity index (χ4n) is 2.18. The molecule has 0 aromatic heterocycles. The second-order valence-electron chi connectivity index (χ2n) is 4.89. The van der Waals surface area contributed by atoms with E-state index in [2.05, 4.69) is 5.32 Å². The Kier molecular flexibility index (Phi) is 4.50. The van der Waals surface area contributed by atoms with Crippen molar-refractivity contribution in [2.45, 2.75) is 32.7 Å². The minimum absolute atomic E-state index is 0.152. The first-order valence-electron chi connectivity index (χ1n) is 6.72. The molecule has 5 heteroatoms. The Balaban J connectivity index is 1.77. The number of hydrogen-bond acceptors (Lipinski definition) is 3. The van der Waals surface area contributed by atoms with Crippen molar-refractivity contribution >= 4 is 17.7 Å². The number of benzene rings is 1. The van der Waals surface area contributed by atoms with Crippen molar-refractivity contribution in [3.8, 4) is 0 Å². The quantitative estimate of drug-likeness (QED) is 0.819. The highest BCUT2D eigenvalue weighted by atomic mass is 16.2. The number of aryl methyl sites for hydroxylation is 1. The fraction of sp³-hybridized carbons (Fsp3) is 0.400. The molecule has 2 rings (SSSR count). The van der Waals surface area contributed by atoms with E-state index in [0.717, 1.165) is 11.1 Å². The third-order valence-corrected chi connectivity index (χ3v) is 3.45. The predicted octanol–water partition coefficient (Wildman–Crippen LogP) is 1.15. The van der Waals surface area contributed by atoms with Crippen LogP contribution in [-0.2, 0) is 20.9 Å². The molecule has 1 aromatic rings. The van der Waals surface area contributed by atoms with Crippen molar-refractivity contribution < 1.29 is 14.4 Å². The zero-order chi connectivity index (χ0) is 14.5. The second-order valence-corrected chi connectivity index (χ2v) is 4.89. The standard InChI is InChI=1S/C15H18N2O3/c1-11-4-2-3-5-12(11)10-16-13(18)8-9-17-14(19)6-7-15(17)20/h2-5H,6-10H2,1H3,(H,16,18). The maximum atomic E-state index is 11.7. The number of likely N-dealkylation sites (tertiary alicyclic amines) is 1. The number of carbonyl (C=O) groups is 3. The van der Waals surface area contributed by atoms with E-state index in [4.69, 9.17) is 0 Å². The maximum Gasteiger partial charge on any atom is 0.229 e. The average Bonchev–Trinajstić information content (AvgIpc) is 2.75. The summed E-state index contributed by atoms with van der Waals surface area (Å²) in [7, 11) is 0. The molecule has 0 atom stereocenters. The topological polar surface area (TPSA) is 66.5 Å². The van der Waals surface area contributed by atoms with Crippen LogP contribution < -0.4 is 5.32 Å². The summed E-state index contributed by atoms with van der Waals surface area (Å²) in [6.07, 6.45) is 0.691. The minimum Gasteiger partial charge on any atom is -0.352 e. The lowest BCUT2D eigenvalue weighted by Gasteiger charge is -2.13. The van der Waals surface area contributed by atoms with E-state index in [9.17, 15) is 14.4 Å². The van der Waals surface area contributed by atoms with Crippen LogP contribution in [-0.4, -0.2) is 29.2 Å². The minimum atomic E-state index is -0.179. The zero-order valence-electron chi connectivity index (χ0n) is 11.5. The molecule has 20 heavy (non-hydrogen) atoms. The van der Waals surface area contributed by atoms with Crippen LogP contribution in [0.15, 0.2) is 24.3 Å². The van der Waals surface area contributed by atoms with Crippen LogP contribution in [0.1, 0.15) is 30.4 Å². The van der Waals surface area contributed by atoms with Crippen molar-refractivity contribution in [2.24, 2.45) is 0 Å². The number of nitrogens with one attached hydrogen (secondary N) is 1. The van der Waals surface area contributed by atoms with Gasteiger partial charge < -0.3 is 5.32 Å². The van der Waals surface area contributed by atoms with Gasteiger partial charge in [0.25, 0.3) is 0 Å². The molecule has 1 aromatic carbocycles. The smallest absolute Gasteiger partial charge is 0.229 e. The Morgan fingerprint density at radius 2 is 1.85 bits per heavy atom. The Bertz CT molecular complexity index is 524. The Hall–Kier alpha value is -2.17. The van der Waals surface area contributed by atoms with Crippen LogP contribution in [0.4, 0.5) is 0 Å². The number of hydrogen-bond donors (Lipinski definition) is 1. The van der Waals surface area contributed by atoms with Crippen LogP contribution in [0.5, 0.6) is 0 Å². The number of nitrogens with zero attached hydrogens (tertiary/aromatic N) is 1. The van der Waals surface area contributed by atoms with Crippen molar-refractivity contribution in [1.82, 2.24) is 10.2 Å². The molecule has 0 radical (unpaired) electrons. The monoisotopic (exact) mass is 274 g/mol. The van der Waals surface area contributed by atoms with E-state index in [1.165, 1.54) is 4.90 Å². The van der Waals surface area contributed by atoms with E-state index < -0.39 is 0 Å². The van der Waals surface area contributed by atoms with Crippen LogP contribution in [0.25, 0.3) is 0 Å². The molecule has 0 unspecified atom stereocenters. The average molecular weight is 274 g/mol. The molecule has 1 heterocycles. The number of rotatable bonds is 5. The fourth-order valence-corrected chi connectivity index (χ4v) is 2.18. The summed E-state index contributed by atoms with van der Waals surface area (Å²) in [5.74, 6) is -0.510. The molecule has 1 saturated heterocycles. The molecule has 1 aliphatic heterocycles. The van der Waals surface area contributed by atoms with Crippen molar-refractivity contribution in [3.63, 3.8) is 0 Å². The predicted molar refractivity (Wildman–Crippen MR) is 73.6 cm³/mol. The number of carbonyl (C=O) groups excluding carboxylic acids is 3. The van der Waals surface area contributed by atoms with Crippen molar-refractivity contribution in [1.29, 1.82) is 0 Å². The molecule has 1 aliphatic rings. The van der Waals surface area contributed by atoms with Crippen molar-refractivity contribution in [3.05, 3.63) is 35.4 Å². The molecule has 1 N–H and O–H groups in total. The summed E-state index contributed by atoms with van der Waals surface area (Å²) in [6, 6.07) is 7.83. The van der Waals surface area contributed by atoms with Gasteiger partial charge in [-0.15, -0.1) is 0 Å². The van der Waals surface area contributed by atoms with Gasteiger partial charge in [0.15, 0.2) is 0 Å². The van der Waals surface area contributed by atoms with Gasteiger partial charge in [-0.05, 0) is 18.1 Å². The molecule has 106 valence electrons. The third kappa shape index (κ3) is 3.44. The Morgan fingerprint density at radius 1 is 1.20 bits per heavy atom. The normalized spacial score (nSPS) is 14.8. The van der Waals surface area contributed by atoms with Gasteiger partial charge in [-0.2, -0.15) is 0 Å². The van der Waals surface area contributed by atoms with E-state index in [1.807, 2.05) is 31.2 Å². The molecule has 3 amide bonds. The van der Waals surface area contributed by atoms with Crippen molar-refractivity contribution in [2.75, 3.05) is 6.54 Å². The number of amides is 3. The van der Waals surface area contributed by atoms with E-state index >= 15 is 0 Å². The van der Waals surface area contributed by atoms with Gasteiger partial charge in [-0.1, -0.05) is 24.3 Å². The second kappa shape index (κ2) is 6.32. The zero-order valence-corrected chi connectivity index (χ0v) is 11.5. The summed E-state index contributed by atoms with van der Waals surface area (Å²) in [4.78, 5) is 35.7. The maximum absolute atomic E-state index is 11.7. The summed E-state index contributed by atoms with van der Waals surface area (Å²) in [5, 5.41) is 2.81. The molecular formula is C15H18N2O3. The Morgan fingerprint density at radius 3 is 2.50 bits per heavy atom. The summed E-state index contributed by atoms with van der Waals surface area (Å²) in [5.41, 5.74) is 2.19. The summed E-state index contributed by atoms with van der Waals surface area (Å²) >= 11 is 0. The van der Waals surface area contributed by atoms with E-state index in [1.54, 1.807) is 0 Å². The molecule has 0 aliphatic carbocycles. The Labute approximate surface area is 118 Å². The largest absolute Gasteiger partial charge is 0.352 e. The highest BCUT2D eigenvalue weighted by molar-refractivity contribution is 6.02. The van der Waals surface area contributed by atoms with Crippen LogP contribution in [0.3, 0.4) is 0 Å². The summed E-state index contributed by atoms with van der Waals surface area (Å²) in [6.45, 7) is 2.63. The van der Waals surface area contributed by atoms with Crippen LogP contribution >= 0.6 is 0 Å². The first kappa shape index (κ1) is 14.2. The summed E-state index contributed by atoms with van der Waals surface area (Å²) < 4.78 is 0. The van der Waals surface area contributed by atoms with Gasteiger partial charge in [0, 0.05) is 32.4 Å². The third-order valence-electron chi connectivity index (χ3n) is 3.45. The van der Waals surface area contributed by atoms with Gasteiger partial charge in [0.05, 0.1) is 0 Å². The van der Waals surface area contributed by atoms with Crippen LogP contribution in [0, 0.1) is 6.92 Å². The van der Waals surface area contributed by atoms with Gasteiger partial charge in [0.2, 0.25) is 17.7 Å². The van der Waals surface area contributed by atoms with Gasteiger partial charge in [-0.25, -0.2) is 0 Å². The lowest BCUT2D eigenvalue weighted by Crippen LogP contribution is -2.34. The number of imide groups is 1. The van der Waals surface area contributed by atoms with E-state index in [-0.39, 0.29) is 43.5 Å². The first-order chi connectivity index (χ1) is 9.58. The SMILES string of the molecule is Cc1ccccc1CNC(=O)CCN1C(=O)CCC1=O. The highest BCUT2D eigenvalue weighted by Crippen LogP contribution is 2.12. The first-order valence-corrected chi connectivity index (χ1v) is 6.72. The molecule has 5 nitrogen and oxygen atoms in total. The van der Waals surface area contributed by atoms with Gasteiger partial charge >= 0.3 is 0 Å². The van der Waals surface area contributed by atoms with Gasteiger partial charge in [-0.3, -0.25) is 19.3 Å².